The Balaban J connectivity index is 2.11. The summed E-state index contributed by atoms with van der Waals surface area (Å²) in [5.74, 6) is -1.46. The molecule has 6 nitrogen and oxygen atoms in total. The molecule has 2 rings (SSSR count). The Labute approximate surface area is 114 Å². The lowest BCUT2D eigenvalue weighted by molar-refractivity contribution is -0.142. The first-order valence-corrected chi connectivity index (χ1v) is 8.39. The number of rotatable bonds is 3. The van der Waals surface area contributed by atoms with Crippen LogP contribution in [0.2, 0.25) is 0 Å². The van der Waals surface area contributed by atoms with Crippen molar-refractivity contribution < 1.29 is 18.3 Å². The normalized spacial score (nSPS) is 27.9. The second kappa shape index (κ2) is 6.19. The molecule has 19 heavy (non-hydrogen) atoms. The van der Waals surface area contributed by atoms with E-state index in [4.69, 9.17) is 5.11 Å². The molecule has 0 amide bonds. The van der Waals surface area contributed by atoms with Crippen molar-refractivity contribution in [3.05, 3.63) is 0 Å². The van der Waals surface area contributed by atoms with Gasteiger partial charge in [0.05, 0.1) is 5.92 Å². The van der Waals surface area contributed by atoms with Gasteiger partial charge in [-0.15, -0.1) is 0 Å². The number of carboxylic acid groups (broad SMARTS) is 1. The molecular weight excluding hydrogens is 268 g/mol. The van der Waals surface area contributed by atoms with Gasteiger partial charge in [-0.1, -0.05) is 12.8 Å². The molecule has 1 atom stereocenters. The summed E-state index contributed by atoms with van der Waals surface area (Å²) in [4.78, 5) is 11.1. The van der Waals surface area contributed by atoms with Gasteiger partial charge in [-0.3, -0.25) is 4.79 Å². The van der Waals surface area contributed by atoms with Crippen molar-refractivity contribution in [3.63, 3.8) is 0 Å². The fraction of sp³-hybridized carbons (Fsp3) is 0.917. The van der Waals surface area contributed by atoms with Crippen LogP contribution in [0.3, 0.4) is 0 Å². The molecule has 2 heterocycles. The van der Waals surface area contributed by atoms with Crippen LogP contribution in [0, 0.1) is 5.92 Å². The van der Waals surface area contributed by atoms with Gasteiger partial charge in [-0.25, -0.2) is 0 Å². The topological polar surface area (TPSA) is 77.9 Å². The van der Waals surface area contributed by atoms with Crippen LogP contribution in [0.5, 0.6) is 0 Å². The number of carboxylic acids is 1. The summed E-state index contributed by atoms with van der Waals surface area (Å²) in [5.41, 5.74) is 0. The second-order valence-corrected chi connectivity index (χ2v) is 7.28. The predicted octanol–water partition coefficient (Wildman–Crippen LogP) is 0.904. The Kier molecular flexibility index (Phi) is 4.81. The lowest BCUT2D eigenvalue weighted by Crippen LogP contribution is -2.47. The van der Waals surface area contributed by atoms with Crippen molar-refractivity contribution in [3.8, 4) is 0 Å². The van der Waals surface area contributed by atoms with Crippen molar-refractivity contribution in [1.29, 1.82) is 0 Å². The maximum Gasteiger partial charge on any atom is 0.307 e. The van der Waals surface area contributed by atoms with Gasteiger partial charge in [-0.05, 0) is 25.7 Å². The fourth-order valence-electron chi connectivity index (χ4n) is 2.78. The van der Waals surface area contributed by atoms with E-state index < -0.39 is 22.1 Å². The fourth-order valence-corrected chi connectivity index (χ4v) is 4.55. The Hall–Kier alpha value is -0.660. The van der Waals surface area contributed by atoms with Gasteiger partial charge < -0.3 is 5.11 Å². The second-order valence-electron chi connectivity index (χ2n) is 5.36. The molecule has 2 aliphatic heterocycles. The molecule has 0 bridgehead atoms. The molecule has 2 aliphatic rings. The SMILES string of the molecule is O=C(O)C1CCCCN(S(=O)(=O)N2CCCCC2)C1. The van der Waals surface area contributed by atoms with E-state index in [1.807, 2.05) is 0 Å². The highest BCUT2D eigenvalue weighted by molar-refractivity contribution is 7.86. The van der Waals surface area contributed by atoms with E-state index in [2.05, 4.69) is 0 Å². The Morgan fingerprint density at radius 3 is 2.16 bits per heavy atom. The summed E-state index contributed by atoms with van der Waals surface area (Å²) >= 11 is 0. The number of carbonyl (C=O) groups is 1. The molecule has 110 valence electrons. The van der Waals surface area contributed by atoms with E-state index in [-0.39, 0.29) is 6.54 Å². The van der Waals surface area contributed by atoms with E-state index >= 15 is 0 Å². The zero-order valence-electron chi connectivity index (χ0n) is 11.1. The van der Waals surface area contributed by atoms with Crippen LogP contribution in [-0.2, 0) is 15.0 Å². The van der Waals surface area contributed by atoms with E-state index in [1.165, 1.54) is 8.61 Å². The van der Waals surface area contributed by atoms with Gasteiger partial charge >= 0.3 is 5.97 Å². The highest BCUT2D eigenvalue weighted by Gasteiger charge is 2.34. The lowest BCUT2D eigenvalue weighted by Gasteiger charge is -2.32. The van der Waals surface area contributed by atoms with Crippen molar-refractivity contribution >= 4 is 16.2 Å². The van der Waals surface area contributed by atoms with Crippen LogP contribution in [0.15, 0.2) is 0 Å². The summed E-state index contributed by atoms with van der Waals surface area (Å²) in [7, 11) is -3.47. The molecular formula is C12H22N2O4S. The molecule has 2 saturated heterocycles. The average molecular weight is 290 g/mol. The standard InChI is InChI=1S/C12H22N2O4S/c15-12(16)11-6-2-5-9-14(10-11)19(17,18)13-7-3-1-4-8-13/h11H,1-10H2,(H,15,16). The lowest BCUT2D eigenvalue weighted by atomic mass is 10.0. The maximum atomic E-state index is 12.5. The van der Waals surface area contributed by atoms with Gasteiger partial charge in [-0.2, -0.15) is 17.0 Å². The van der Waals surface area contributed by atoms with Gasteiger partial charge in [0, 0.05) is 26.2 Å². The zero-order chi connectivity index (χ0) is 13.9. The van der Waals surface area contributed by atoms with Crippen LogP contribution in [0.4, 0.5) is 0 Å². The number of hydrogen-bond acceptors (Lipinski definition) is 3. The number of piperidine rings is 1. The van der Waals surface area contributed by atoms with Crippen molar-refractivity contribution in [2.24, 2.45) is 5.92 Å². The van der Waals surface area contributed by atoms with Gasteiger partial charge in [0.25, 0.3) is 10.2 Å². The number of nitrogens with zero attached hydrogens (tertiary/aromatic N) is 2. The summed E-state index contributed by atoms with van der Waals surface area (Å²) in [6, 6.07) is 0. The Morgan fingerprint density at radius 2 is 1.53 bits per heavy atom. The van der Waals surface area contributed by atoms with Crippen molar-refractivity contribution in [2.45, 2.75) is 38.5 Å². The maximum absolute atomic E-state index is 12.5. The minimum atomic E-state index is -3.47. The monoisotopic (exact) mass is 290 g/mol. The summed E-state index contributed by atoms with van der Waals surface area (Å²) in [5, 5.41) is 9.12. The van der Waals surface area contributed by atoms with E-state index in [0.717, 1.165) is 32.1 Å². The first kappa shape index (κ1) is 14.7. The molecule has 1 unspecified atom stereocenters. The molecule has 0 aromatic heterocycles. The van der Waals surface area contributed by atoms with Gasteiger partial charge in [0.1, 0.15) is 0 Å². The number of aliphatic carboxylic acids is 1. The molecule has 0 radical (unpaired) electrons. The van der Waals surface area contributed by atoms with E-state index in [1.54, 1.807) is 0 Å². The van der Waals surface area contributed by atoms with Crippen LogP contribution >= 0.6 is 0 Å². The summed E-state index contributed by atoms with van der Waals surface area (Å²) in [6.07, 6.45) is 4.97. The number of hydrogen-bond donors (Lipinski definition) is 1. The molecule has 0 aromatic rings. The third-order valence-electron chi connectivity index (χ3n) is 3.95. The minimum absolute atomic E-state index is 0.119. The first-order valence-electron chi connectivity index (χ1n) is 7.00. The van der Waals surface area contributed by atoms with Crippen molar-refractivity contribution in [2.75, 3.05) is 26.2 Å². The third kappa shape index (κ3) is 3.46. The average Bonchev–Trinajstić information content (AvgIpc) is 2.66. The molecule has 0 aliphatic carbocycles. The van der Waals surface area contributed by atoms with Crippen LogP contribution < -0.4 is 0 Å². The van der Waals surface area contributed by atoms with Crippen molar-refractivity contribution in [1.82, 2.24) is 8.61 Å². The summed E-state index contributed by atoms with van der Waals surface area (Å²) in [6.45, 7) is 1.70. The van der Waals surface area contributed by atoms with Crippen LogP contribution in [-0.4, -0.2) is 54.3 Å². The quantitative estimate of drug-likeness (QED) is 0.838. The predicted molar refractivity (Wildman–Crippen MR) is 70.9 cm³/mol. The molecule has 2 fully saturated rings. The van der Waals surface area contributed by atoms with Crippen LogP contribution in [0.1, 0.15) is 38.5 Å². The largest absolute Gasteiger partial charge is 0.481 e. The van der Waals surface area contributed by atoms with Gasteiger partial charge in [0.2, 0.25) is 0 Å². The first-order chi connectivity index (χ1) is 9.01. The van der Waals surface area contributed by atoms with Crippen LogP contribution in [0.25, 0.3) is 0 Å². The molecule has 0 aromatic carbocycles. The Bertz CT molecular complexity index is 417. The molecule has 7 heteroatoms. The highest BCUT2D eigenvalue weighted by atomic mass is 32.2. The Morgan fingerprint density at radius 1 is 0.947 bits per heavy atom. The summed E-state index contributed by atoms with van der Waals surface area (Å²) < 4.78 is 27.9. The highest BCUT2D eigenvalue weighted by Crippen LogP contribution is 2.23. The molecule has 0 spiro atoms. The molecule has 0 saturated carbocycles. The molecule has 1 N–H and O–H groups in total. The minimum Gasteiger partial charge on any atom is -0.481 e. The van der Waals surface area contributed by atoms with Gasteiger partial charge in [0.15, 0.2) is 0 Å². The van der Waals surface area contributed by atoms with E-state index in [0.29, 0.717) is 26.1 Å². The van der Waals surface area contributed by atoms with E-state index in [9.17, 15) is 13.2 Å². The zero-order valence-corrected chi connectivity index (χ0v) is 11.9. The third-order valence-corrected chi connectivity index (χ3v) is 5.95. The smallest absolute Gasteiger partial charge is 0.307 e.